The number of carbonyl (C=O) groups is 2. The van der Waals surface area contributed by atoms with Gasteiger partial charge in [-0.2, -0.15) is 8.78 Å². The van der Waals surface area contributed by atoms with E-state index in [4.69, 9.17) is 19.2 Å². The van der Waals surface area contributed by atoms with Crippen molar-refractivity contribution >= 4 is 23.0 Å². The van der Waals surface area contributed by atoms with E-state index in [0.717, 1.165) is 41.8 Å². The van der Waals surface area contributed by atoms with Gasteiger partial charge in [-0.1, -0.05) is 44.2 Å². The highest BCUT2D eigenvalue weighted by molar-refractivity contribution is 5.88. The van der Waals surface area contributed by atoms with Crippen molar-refractivity contribution in [1.29, 1.82) is 0 Å². The Morgan fingerprint density at radius 2 is 1.67 bits per heavy atom. The molecule has 0 saturated carbocycles. The van der Waals surface area contributed by atoms with Gasteiger partial charge in [0.1, 0.15) is 17.7 Å². The highest BCUT2D eigenvalue weighted by atomic mass is 19.3. The molecule has 3 aromatic carbocycles. The first kappa shape index (κ1) is 34.6. The normalized spacial score (nSPS) is 21.6. The lowest BCUT2D eigenvalue weighted by atomic mass is 9.98. The number of benzene rings is 3. The molecular weight excluding hydrogens is 696 g/mol. The summed E-state index contributed by atoms with van der Waals surface area (Å²) in [6, 6.07) is 14.9. The highest BCUT2D eigenvalue weighted by Gasteiger charge is 2.53. The van der Waals surface area contributed by atoms with Crippen LogP contribution in [0.2, 0.25) is 0 Å². The molecule has 1 unspecified atom stereocenters. The number of amides is 2. The number of nitrogens with zero attached hydrogens (tertiary/aromatic N) is 3. The van der Waals surface area contributed by atoms with E-state index >= 15 is 8.78 Å². The SMILES string of the molecule is COC(=O)N[C@H](C(=O)N1CC2(CC1c1ncc(-c3ccc4c(c3)C(F)(F)c3cc(-c5ccc6nc([C@@H]7CCCN7)[nH]c6c5)ccc3-4)[nH]1)OCCO2)C(C)C. The molecule has 4 aliphatic rings. The molecule has 0 radical (unpaired) electrons. The van der Waals surface area contributed by atoms with E-state index in [0.29, 0.717) is 53.4 Å². The largest absolute Gasteiger partial charge is 0.453 e. The number of rotatable bonds is 7. The van der Waals surface area contributed by atoms with Gasteiger partial charge in [-0.3, -0.25) is 4.79 Å². The van der Waals surface area contributed by atoms with Gasteiger partial charge >= 0.3 is 6.09 Å². The number of ether oxygens (including phenoxy) is 3. The van der Waals surface area contributed by atoms with Crippen LogP contribution in [0, 0.1) is 5.92 Å². The van der Waals surface area contributed by atoms with Crippen molar-refractivity contribution in [3.8, 4) is 33.5 Å². The van der Waals surface area contributed by atoms with E-state index in [2.05, 4.69) is 25.6 Å². The third-order valence-corrected chi connectivity index (χ3v) is 11.2. The van der Waals surface area contributed by atoms with Crippen molar-refractivity contribution < 1.29 is 32.6 Å². The van der Waals surface area contributed by atoms with Crippen LogP contribution in [0.15, 0.2) is 60.8 Å². The van der Waals surface area contributed by atoms with Crippen molar-refractivity contribution in [2.24, 2.45) is 5.92 Å². The van der Waals surface area contributed by atoms with Gasteiger partial charge in [0.2, 0.25) is 5.91 Å². The number of nitrogens with one attached hydrogen (secondary N) is 4. The minimum Gasteiger partial charge on any atom is -0.453 e. The molecule has 5 heterocycles. The zero-order valence-corrected chi connectivity index (χ0v) is 30.2. The predicted molar refractivity (Wildman–Crippen MR) is 195 cm³/mol. The van der Waals surface area contributed by atoms with E-state index in [1.807, 2.05) is 38.1 Å². The molecule has 2 amide bonds. The molecule has 3 atom stereocenters. The van der Waals surface area contributed by atoms with Gasteiger partial charge in [-0.15, -0.1) is 0 Å². The number of carbonyl (C=O) groups excluding carboxylic acids is 2. The van der Waals surface area contributed by atoms with Crippen LogP contribution in [0.25, 0.3) is 44.5 Å². The summed E-state index contributed by atoms with van der Waals surface area (Å²) in [5.74, 6) is -3.48. The molecule has 1 spiro atoms. The van der Waals surface area contributed by atoms with Gasteiger partial charge in [0.25, 0.3) is 5.92 Å². The molecule has 280 valence electrons. The summed E-state index contributed by atoms with van der Waals surface area (Å²) < 4.78 is 49.6. The van der Waals surface area contributed by atoms with Crippen molar-refractivity contribution in [2.45, 2.75) is 62.9 Å². The summed E-state index contributed by atoms with van der Waals surface area (Å²) in [5, 5.41) is 6.11. The third-order valence-electron chi connectivity index (χ3n) is 11.2. The average molecular weight is 738 g/mol. The van der Waals surface area contributed by atoms with Crippen LogP contribution in [0.1, 0.15) is 68.0 Å². The zero-order chi connectivity index (χ0) is 37.4. The molecule has 9 rings (SSSR count). The van der Waals surface area contributed by atoms with Gasteiger partial charge in [-0.05, 0) is 71.8 Å². The zero-order valence-electron chi connectivity index (χ0n) is 30.2. The van der Waals surface area contributed by atoms with Gasteiger partial charge in [0.05, 0.1) is 61.9 Å². The number of alkyl halides is 2. The van der Waals surface area contributed by atoms with E-state index in [1.54, 1.807) is 35.4 Å². The van der Waals surface area contributed by atoms with Gasteiger partial charge < -0.3 is 39.7 Å². The first-order valence-corrected chi connectivity index (χ1v) is 18.4. The molecule has 1 aliphatic carbocycles. The fourth-order valence-corrected chi connectivity index (χ4v) is 8.41. The Morgan fingerprint density at radius 1 is 0.963 bits per heavy atom. The van der Waals surface area contributed by atoms with Crippen LogP contribution < -0.4 is 10.6 Å². The lowest BCUT2D eigenvalue weighted by molar-refractivity contribution is -0.153. The molecule has 14 heteroatoms. The Balaban J connectivity index is 0.994. The lowest BCUT2D eigenvalue weighted by Gasteiger charge is -2.30. The number of methoxy groups -OCH3 is 1. The molecule has 3 saturated heterocycles. The van der Waals surface area contributed by atoms with Gasteiger partial charge in [0.15, 0.2) is 5.79 Å². The monoisotopic (exact) mass is 737 g/mol. The second-order valence-electron chi connectivity index (χ2n) is 14.9. The second kappa shape index (κ2) is 13.0. The lowest BCUT2D eigenvalue weighted by Crippen LogP contribution is -2.52. The standard InChI is InChI=1S/C40H41F2N7O5/c1-21(2)34(48-38(51)52-3)37(50)49-20-39(53-13-14-54-39)18-33(49)36-44-19-32(47-36)24-7-10-26-25-9-6-22(15-27(25)40(41,42)28(26)16-24)23-8-11-29-31(17-23)46-35(45-29)30-5-4-12-43-30/h6-11,15-17,19,21,30,33-34,43H,4-5,12-14,18,20H2,1-3H3,(H,44,47)(H,45,46)(H,48,51)/t30-,33?,34-/m0/s1. The predicted octanol–water partition coefficient (Wildman–Crippen LogP) is 6.56. The summed E-state index contributed by atoms with van der Waals surface area (Å²) in [5.41, 5.74) is 5.14. The molecule has 54 heavy (non-hydrogen) atoms. The van der Waals surface area contributed by atoms with Crippen molar-refractivity contribution in [2.75, 3.05) is 33.4 Å². The Labute approximate surface area is 310 Å². The summed E-state index contributed by atoms with van der Waals surface area (Å²) >= 11 is 0. The Hall–Kier alpha value is -5.18. The Bertz CT molecular complexity index is 2270. The summed E-state index contributed by atoms with van der Waals surface area (Å²) in [6.07, 6.45) is 3.31. The maximum absolute atomic E-state index is 16.4. The highest BCUT2D eigenvalue weighted by Crippen LogP contribution is 2.53. The molecule has 12 nitrogen and oxygen atoms in total. The van der Waals surface area contributed by atoms with Crippen LogP contribution in [-0.4, -0.2) is 82.1 Å². The fraction of sp³-hybridized carbons (Fsp3) is 0.400. The maximum atomic E-state index is 16.4. The number of hydrogen-bond acceptors (Lipinski definition) is 8. The average Bonchev–Trinajstić information content (AvgIpc) is 4.03. The first-order valence-electron chi connectivity index (χ1n) is 18.4. The molecule has 0 bridgehead atoms. The van der Waals surface area contributed by atoms with Crippen LogP contribution in [-0.2, 0) is 24.9 Å². The molecule has 3 aliphatic heterocycles. The van der Waals surface area contributed by atoms with Crippen molar-refractivity contribution in [3.05, 3.63) is 83.6 Å². The van der Waals surface area contributed by atoms with Crippen LogP contribution >= 0.6 is 0 Å². The van der Waals surface area contributed by atoms with Gasteiger partial charge in [0, 0.05) is 23.1 Å². The molecule has 5 aromatic rings. The topological polar surface area (TPSA) is 146 Å². The van der Waals surface area contributed by atoms with Gasteiger partial charge in [-0.25, -0.2) is 14.8 Å². The second-order valence-corrected chi connectivity index (χ2v) is 14.9. The number of aromatic nitrogens is 4. The number of imidazole rings is 2. The van der Waals surface area contributed by atoms with Crippen LogP contribution in [0.3, 0.4) is 0 Å². The molecule has 4 N–H and O–H groups in total. The number of halogens is 2. The summed E-state index contributed by atoms with van der Waals surface area (Å²) in [4.78, 5) is 43.8. The number of hydrogen-bond donors (Lipinski definition) is 4. The summed E-state index contributed by atoms with van der Waals surface area (Å²) in [6.45, 7) is 5.54. The fourth-order valence-electron chi connectivity index (χ4n) is 8.41. The molecule has 3 fully saturated rings. The number of H-pyrrole nitrogens is 2. The first-order chi connectivity index (χ1) is 26.0. The molecular formula is C40H41F2N7O5. The quantitative estimate of drug-likeness (QED) is 0.147. The van der Waals surface area contributed by atoms with E-state index in [-0.39, 0.29) is 35.5 Å². The van der Waals surface area contributed by atoms with Crippen LogP contribution in [0.5, 0.6) is 0 Å². The smallest absolute Gasteiger partial charge is 0.407 e. The summed E-state index contributed by atoms with van der Waals surface area (Å²) in [7, 11) is 1.24. The number of alkyl carbamates (subject to hydrolysis) is 1. The number of fused-ring (bicyclic) bond motifs is 4. The minimum absolute atomic E-state index is 0.0414. The maximum Gasteiger partial charge on any atom is 0.407 e. The van der Waals surface area contributed by atoms with E-state index in [1.165, 1.54) is 13.2 Å². The minimum atomic E-state index is -3.24. The molecule has 2 aromatic heterocycles. The van der Waals surface area contributed by atoms with E-state index < -0.39 is 29.9 Å². The third kappa shape index (κ3) is 5.74. The number of aromatic amines is 2. The Morgan fingerprint density at radius 3 is 2.37 bits per heavy atom. The Kier molecular flexibility index (Phi) is 8.32. The van der Waals surface area contributed by atoms with Crippen molar-refractivity contribution in [1.82, 2.24) is 35.5 Å². The number of likely N-dealkylation sites (tertiary alicyclic amines) is 1. The van der Waals surface area contributed by atoms with Crippen LogP contribution in [0.4, 0.5) is 13.6 Å². The van der Waals surface area contributed by atoms with E-state index in [9.17, 15) is 9.59 Å². The van der Waals surface area contributed by atoms with Crippen molar-refractivity contribution in [3.63, 3.8) is 0 Å².